The first kappa shape index (κ1) is 23.6. The number of morpholine rings is 1. The van der Waals surface area contributed by atoms with E-state index in [-0.39, 0.29) is 13.0 Å². The van der Waals surface area contributed by atoms with Gasteiger partial charge in [-0.3, -0.25) is 24.6 Å². The summed E-state index contributed by atoms with van der Waals surface area (Å²) in [5.74, 6) is -2.14. The number of nitrogens with zero attached hydrogens (tertiary/aromatic N) is 2. The SMILES string of the molecule is [B]C1CC([B])(N2Cc3c(OCc4ccc(CN5CCOCC5)cc4)cccc3C2=O)C(=O)NC1=O. The van der Waals surface area contributed by atoms with Gasteiger partial charge in [-0.1, -0.05) is 30.3 Å². The average Bonchev–Trinajstić information content (AvgIpc) is 3.21. The van der Waals surface area contributed by atoms with Crippen LogP contribution in [0.2, 0.25) is 5.82 Å². The maximum Gasteiger partial charge on any atom is 0.254 e. The summed E-state index contributed by atoms with van der Waals surface area (Å²) in [6, 6.07) is 13.5. The van der Waals surface area contributed by atoms with Gasteiger partial charge in [-0.25, -0.2) is 0 Å². The molecule has 5 rings (SSSR count). The Morgan fingerprint density at radius 2 is 1.77 bits per heavy atom. The second-order valence-corrected chi connectivity index (χ2v) is 9.22. The van der Waals surface area contributed by atoms with E-state index in [9.17, 15) is 14.4 Å². The molecule has 0 saturated carbocycles. The number of carbonyl (C=O) groups excluding carboxylic acids is 3. The molecular weight excluding hydrogens is 444 g/mol. The molecule has 8 nitrogen and oxygen atoms in total. The minimum absolute atomic E-state index is 0.0909. The molecule has 2 unspecified atom stereocenters. The van der Waals surface area contributed by atoms with Crippen LogP contribution < -0.4 is 10.1 Å². The average molecular weight is 469 g/mol. The van der Waals surface area contributed by atoms with Crippen molar-refractivity contribution in [3.63, 3.8) is 0 Å². The number of hydrogen-bond donors (Lipinski definition) is 1. The minimum atomic E-state index is -1.71. The standard InChI is InChI=1S/C25H25B2N3O5/c26-20-12-25(27,24(33)28-22(20)31)30-14-19-18(23(30)32)2-1-3-21(19)35-15-17-6-4-16(5-7-17)13-29-8-10-34-11-9-29/h1-7,20H,8-15H2,(H,28,31,33). The van der Waals surface area contributed by atoms with Crippen LogP contribution in [0, 0.1) is 0 Å². The number of imide groups is 1. The summed E-state index contributed by atoms with van der Waals surface area (Å²) >= 11 is 0. The summed E-state index contributed by atoms with van der Waals surface area (Å²) in [4.78, 5) is 41.1. The fourth-order valence-electron chi connectivity index (χ4n) is 4.75. The molecule has 3 heterocycles. The summed E-state index contributed by atoms with van der Waals surface area (Å²) in [5, 5.41) is 2.17. The van der Waals surface area contributed by atoms with Crippen molar-refractivity contribution in [2.45, 2.75) is 37.4 Å². The molecule has 0 aromatic heterocycles. The summed E-state index contributed by atoms with van der Waals surface area (Å²) in [7, 11) is 12.2. The van der Waals surface area contributed by atoms with Crippen molar-refractivity contribution in [1.29, 1.82) is 0 Å². The summed E-state index contributed by atoms with van der Waals surface area (Å²) in [5.41, 5.74) is 1.60. The molecule has 3 aliphatic rings. The molecule has 3 aliphatic heterocycles. The Kier molecular flexibility index (Phi) is 6.42. The lowest BCUT2D eigenvalue weighted by Crippen LogP contribution is -2.64. The van der Waals surface area contributed by atoms with Gasteiger partial charge < -0.3 is 14.4 Å². The molecule has 2 fully saturated rings. The fraction of sp³-hybridized carbons (Fsp3) is 0.400. The molecule has 2 aromatic rings. The van der Waals surface area contributed by atoms with Gasteiger partial charge >= 0.3 is 0 Å². The third-order valence-corrected chi connectivity index (χ3v) is 6.83. The number of benzene rings is 2. The fourth-order valence-corrected chi connectivity index (χ4v) is 4.75. The van der Waals surface area contributed by atoms with Crippen LogP contribution in [-0.2, 0) is 34.0 Å². The molecule has 10 heteroatoms. The van der Waals surface area contributed by atoms with Gasteiger partial charge in [-0.2, -0.15) is 0 Å². The number of ether oxygens (including phenoxy) is 2. The Balaban J connectivity index is 1.26. The van der Waals surface area contributed by atoms with Crippen LogP contribution in [0.5, 0.6) is 5.75 Å². The van der Waals surface area contributed by atoms with E-state index in [1.165, 1.54) is 10.5 Å². The van der Waals surface area contributed by atoms with E-state index in [2.05, 4.69) is 22.3 Å². The Morgan fingerprint density at radius 3 is 2.51 bits per heavy atom. The molecule has 1 N–H and O–H groups in total. The van der Waals surface area contributed by atoms with Crippen LogP contribution >= 0.6 is 0 Å². The van der Waals surface area contributed by atoms with Crippen molar-refractivity contribution < 1.29 is 23.9 Å². The van der Waals surface area contributed by atoms with Crippen LogP contribution in [0.25, 0.3) is 0 Å². The van der Waals surface area contributed by atoms with E-state index in [0.717, 1.165) is 38.4 Å². The number of rotatable bonds is 6. The van der Waals surface area contributed by atoms with E-state index in [1.807, 2.05) is 12.1 Å². The van der Waals surface area contributed by atoms with Gasteiger partial charge in [0.15, 0.2) is 0 Å². The number of fused-ring (bicyclic) bond motifs is 1. The molecule has 2 aromatic carbocycles. The molecule has 35 heavy (non-hydrogen) atoms. The number of nitrogens with one attached hydrogen (secondary N) is 1. The van der Waals surface area contributed by atoms with E-state index < -0.39 is 29.0 Å². The zero-order valence-electron chi connectivity index (χ0n) is 19.4. The van der Waals surface area contributed by atoms with Gasteiger partial charge in [0.2, 0.25) is 11.8 Å². The predicted octanol–water partition coefficient (Wildman–Crippen LogP) is 0.922. The van der Waals surface area contributed by atoms with E-state index in [1.54, 1.807) is 18.2 Å². The first-order chi connectivity index (χ1) is 16.8. The molecular formula is C25H25B2N3O5. The Labute approximate surface area is 206 Å². The number of carbonyl (C=O) groups is 3. The normalized spacial score (nSPS) is 24.9. The van der Waals surface area contributed by atoms with Crippen molar-refractivity contribution in [2.24, 2.45) is 0 Å². The highest BCUT2D eigenvalue weighted by atomic mass is 16.5. The molecule has 176 valence electrons. The third-order valence-electron chi connectivity index (χ3n) is 6.83. The molecule has 0 spiro atoms. The smallest absolute Gasteiger partial charge is 0.254 e. The van der Waals surface area contributed by atoms with Gasteiger partial charge in [-0.15, -0.1) is 0 Å². The van der Waals surface area contributed by atoms with Gasteiger partial charge in [0.1, 0.15) is 20.2 Å². The Hall–Kier alpha value is -3.10. The van der Waals surface area contributed by atoms with Crippen LogP contribution in [-0.4, -0.2) is 75.0 Å². The summed E-state index contributed by atoms with van der Waals surface area (Å²) in [6.07, 6.45) is -0.148. The lowest BCUT2D eigenvalue weighted by molar-refractivity contribution is -0.138. The highest BCUT2D eigenvalue weighted by Gasteiger charge is 2.50. The second-order valence-electron chi connectivity index (χ2n) is 9.22. The van der Waals surface area contributed by atoms with Crippen LogP contribution in [0.3, 0.4) is 0 Å². The highest BCUT2D eigenvalue weighted by Crippen LogP contribution is 2.38. The molecule has 2 atom stereocenters. The molecule has 3 amide bonds. The topological polar surface area (TPSA) is 88.2 Å². The second kappa shape index (κ2) is 9.51. The molecule has 0 aliphatic carbocycles. The monoisotopic (exact) mass is 469 g/mol. The van der Waals surface area contributed by atoms with Gasteiger partial charge in [0, 0.05) is 36.6 Å². The molecule has 0 bridgehead atoms. The Bertz CT molecular complexity index is 1150. The Morgan fingerprint density at radius 1 is 1.06 bits per heavy atom. The van der Waals surface area contributed by atoms with E-state index in [0.29, 0.717) is 23.5 Å². The lowest BCUT2D eigenvalue weighted by Gasteiger charge is -2.42. The lowest BCUT2D eigenvalue weighted by atomic mass is 9.62. The van der Waals surface area contributed by atoms with Crippen molar-refractivity contribution in [3.05, 3.63) is 64.7 Å². The largest absolute Gasteiger partial charge is 0.489 e. The summed E-state index contributed by atoms with van der Waals surface area (Å²) < 4.78 is 11.5. The van der Waals surface area contributed by atoms with Gasteiger partial charge in [0.25, 0.3) is 5.91 Å². The van der Waals surface area contributed by atoms with Crippen LogP contribution in [0.15, 0.2) is 42.5 Å². The number of piperidine rings is 1. The van der Waals surface area contributed by atoms with Gasteiger partial charge in [0.05, 0.1) is 33.0 Å². The zero-order valence-corrected chi connectivity index (χ0v) is 19.4. The number of hydrogen-bond acceptors (Lipinski definition) is 6. The van der Waals surface area contributed by atoms with Crippen molar-refractivity contribution in [2.75, 3.05) is 26.3 Å². The van der Waals surface area contributed by atoms with E-state index in [4.69, 9.17) is 25.2 Å². The molecule has 2 saturated heterocycles. The van der Waals surface area contributed by atoms with E-state index >= 15 is 0 Å². The van der Waals surface area contributed by atoms with Crippen molar-refractivity contribution >= 4 is 33.4 Å². The van der Waals surface area contributed by atoms with Crippen molar-refractivity contribution in [1.82, 2.24) is 15.1 Å². The quantitative estimate of drug-likeness (QED) is 0.501. The van der Waals surface area contributed by atoms with Gasteiger partial charge in [-0.05, 0) is 29.7 Å². The predicted molar refractivity (Wildman–Crippen MR) is 129 cm³/mol. The van der Waals surface area contributed by atoms with Crippen molar-refractivity contribution in [3.8, 4) is 5.75 Å². The summed E-state index contributed by atoms with van der Waals surface area (Å²) in [6.45, 7) is 4.73. The first-order valence-corrected chi connectivity index (χ1v) is 11.7. The minimum Gasteiger partial charge on any atom is -0.489 e. The highest BCUT2D eigenvalue weighted by molar-refractivity contribution is 6.36. The number of amides is 3. The first-order valence-electron chi connectivity index (χ1n) is 11.7. The molecule has 4 radical (unpaired) electrons. The maximum absolute atomic E-state index is 13.1. The zero-order chi connectivity index (χ0) is 24.6. The maximum atomic E-state index is 13.1. The third kappa shape index (κ3) is 4.60. The van der Waals surface area contributed by atoms with Crippen LogP contribution in [0.1, 0.15) is 33.5 Å². The van der Waals surface area contributed by atoms with Crippen LogP contribution in [0.4, 0.5) is 0 Å².